The average Bonchev–Trinajstić information content (AvgIpc) is 2.48. The number of piperidine rings is 1. The zero-order chi connectivity index (χ0) is 15.9. The van der Waals surface area contributed by atoms with E-state index in [4.69, 9.17) is 17.3 Å². The molecule has 22 heavy (non-hydrogen) atoms. The van der Waals surface area contributed by atoms with E-state index in [1.807, 2.05) is 29.2 Å². The molecule has 1 aliphatic heterocycles. The first-order valence-corrected chi connectivity index (χ1v) is 8.57. The number of rotatable bonds is 6. The number of hydrogen-bond acceptors (Lipinski definition) is 4. The Hall–Kier alpha value is -1.24. The number of carbonyl (C=O) groups excluding carboxylic acids is 2. The number of carbonyl (C=O) groups is 2. The van der Waals surface area contributed by atoms with Crippen LogP contribution in [-0.2, 0) is 9.59 Å². The van der Waals surface area contributed by atoms with Crippen LogP contribution in [0.3, 0.4) is 0 Å². The lowest BCUT2D eigenvalue weighted by atomic mass is 10.1. The molecular formula is C15H20ClN3O2S. The van der Waals surface area contributed by atoms with Crippen LogP contribution in [0.25, 0.3) is 0 Å². The second kappa shape index (κ2) is 8.41. The Morgan fingerprint density at radius 3 is 2.50 bits per heavy atom. The van der Waals surface area contributed by atoms with E-state index in [2.05, 4.69) is 5.32 Å². The van der Waals surface area contributed by atoms with Gasteiger partial charge in [0.1, 0.15) is 0 Å². The quantitative estimate of drug-likeness (QED) is 0.769. The molecular weight excluding hydrogens is 322 g/mol. The fourth-order valence-corrected chi connectivity index (χ4v) is 3.24. The third kappa shape index (κ3) is 5.87. The molecule has 1 aromatic carbocycles. The van der Waals surface area contributed by atoms with Crippen LogP contribution in [-0.4, -0.2) is 48.1 Å². The molecule has 2 amide bonds. The van der Waals surface area contributed by atoms with Crippen LogP contribution < -0.4 is 11.1 Å². The third-order valence-electron chi connectivity index (χ3n) is 3.52. The van der Waals surface area contributed by atoms with Crippen molar-refractivity contribution >= 4 is 35.2 Å². The van der Waals surface area contributed by atoms with Crippen molar-refractivity contribution in [3.05, 3.63) is 29.3 Å². The number of likely N-dealkylation sites (tertiary alicyclic amines) is 1. The Bertz CT molecular complexity index is 516. The molecule has 0 atom stereocenters. The molecule has 0 bridgehead atoms. The maximum absolute atomic E-state index is 12.0. The summed E-state index contributed by atoms with van der Waals surface area (Å²) in [7, 11) is 0. The lowest BCUT2D eigenvalue weighted by Gasteiger charge is -2.31. The van der Waals surface area contributed by atoms with E-state index in [9.17, 15) is 9.59 Å². The largest absolute Gasteiger partial charge is 0.369 e. The molecule has 1 aliphatic rings. The summed E-state index contributed by atoms with van der Waals surface area (Å²) in [6.45, 7) is 1.88. The van der Waals surface area contributed by atoms with Gasteiger partial charge < -0.3 is 11.1 Å². The maximum atomic E-state index is 12.0. The number of thioether (sulfide) groups is 1. The molecule has 1 fully saturated rings. The second-order valence-electron chi connectivity index (χ2n) is 5.33. The molecule has 1 heterocycles. The minimum Gasteiger partial charge on any atom is -0.369 e. The summed E-state index contributed by atoms with van der Waals surface area (Å²) in [4.78, 5) is 25.9. The zero-order valence-corrected chi connectivity index (χ0v) is 13.8. The summed E-state index contributed by atoms with van der Waals surface area (Å²) in [5.41, 5.74) is 5.18. The van der Waals surface area contributed by atoms with Gasteiger partial charge in [-0.15, -0.1) is 11.8 Å². The van der Waals surface area contributed by atoms with Crippen LogP contribution in [0.2, 0.25) is 5.02 Å². The van der Waals surface area contributed by atoms with Gasteiger partial charge in [0, 0.05) is 29.0 Å². The van der Waals surface area contributed by atoms with Crippen LogP contribution >= 0.6 is 23.4 Å². The maximum Gasteiger partial charge on any atom is 0.231 e. The second-order valence-corrected chi connectivity index (χ2v) is 6.81. The van der Waals surface area contributed by atoms with Crippen molar-refractivity contribution in [2.45, 2.75) is 23.8 Å². The number of primary amides is 1. The van der Waals surface area contributed by atoms with Gasteiger partial charge in [0.2, 0.25) is 11.8 Å². The normalized spacial score (nSPS) is 16.4. The van der Waals surface area contributed by atoms with Crippen molar-refractivity contribution in [1.29, 1.82) is 0 Å². The fraction of sp³-hybridized carbons (Fsp3) is 0.467. The lowest BCUT2D eigenvalue weighted by molar-refractivity contribution is -0.121. The molecule has 0 aliphatic carbocycles. The number of nitrogens with zero attached hydrogens (tertiary/aromatic N) is 1. The zero-order valence-electron chi connectivity index (χ0n) is 12.3. The van der Waals surface area contributed by atoms with Gasteiger partial charge in [0.25, 0.3) is 0 Å². The van der Waals surface area contributed by atoms with Crippen LogP contribution in [0.4, 0.5) is 0 Å². The van der Waals surface area contributed by atoms with Crippen molar-refractivity contribution in [1.82, 2.24) is 10.2 Å². The van der Waals surface area contributed by atoms with Crippen molar-refractivity contribution < 1.29 is 9.59 Å². The van der Waals surface area contributed by atoms with Crippen molar-refractivity contribution in [2.75, 3.05) is 25.4 Å². The van der Waals surface area contributed by atoms with E-state index in [0.717, 1.165) is 30.8 Å². The van der Waals surface area contributed by atoms with Crippen molar-refractivity contribution in [3.8, 4) is 0 Å². The standard InChI is InChI=1S/C15H20ClN3O2S/c16-11-1-3-13(4-2-11)22-10-15(21)18-12-5-7-19(8-6-12)9-14(17)20/h1-4,12H,5-10H2,(H2,17,20)(H,18,21). The number of nitrogens with two attached hydrogens (primary N) is 1. The third-order valence-corrected chi connectivity index (χ3v) is 4.78. The van der Waals surface area contributed by atoms with Crippen LogP contribution in [0, 0.1) is 0 Å². The summed E-state index contributed by atoms with van der Waals surface area (Å²) >= 11 is 7.32. The molecule has 2 rings (SSSR count). The molecule has 0 saturated carbocycles. The number of amides is 2. The van der Waals surface area contributed by atoms with E-state index >= 15 is 0 Å². The van der Waals surface area contributed by atoms with Gasteiger partial charge in [-0.2, -0.15) is 0 Å². The number of hydrogen-bond donors (Lipinski definition) is 2. The van der Waals surface area contributed by atoms with E-state index in [-0.39, 0.29) is 17.9 Å². The highest BCUT2D eigenvalue weighted by molar-refractivity contribution is 8.00. The number of nitrogens with one attached hydrogen (secondary N) is 1. The van der Waals surface area contributed by atoms with Crippen LogP contribution in [0.5, 0.6) is 0 Å². The Labute approximate surface area is 139 Å². The molecule has 0 spiro atoms. The minimum atomic E-state index is -0.304. The number of benzene rings is 1. The molecule has 1 aromatic rings. The van der Waals surface area contributed by atoms with Crippen LogP contribution in [0.1, 0.15) is 12.8 Å². The lowest BCUT2D eigenvalue weighted by Crippen LogP contribution is -2.47. The van der Waals surface area contributed by atoms with Crippen molar-refractivity contribution in [2.24, 2.45) is 5.73 Å². The Morgan fingerprint density at radius 2 is 1.91 bits per heavy atom. The summed E-state index contributed by atoms with van der Waals surface area (Å²) in [6, 6.07) is 7.62. The van der Waals surface area contributed by atoms with Crippen molar-refractivity contribution in [3.63, 3.8) is 0 Å². The van der Waals surface area contributed by atoms with Gasteiger partial charge in [-0.1, -0.05) is 11.6 Å². The predicted molar refractivity (Wildman–Crippen MR) is 89.0 cm³/mol. The molecule has 0 unspecified atom stereocenters. The Balaban J connectivity index is 1.67. The molecule has 0 radical (unpaired) electrons. The number of halogens is 1. The van der Waals surface area contributed by atoms with Crippen LogP contribution in [0.15, 0.2) is 29.2 Å². The molecule has 1 saturated heterocycles. The first-order chi connectivity index (χ1) is 10.5. The van der Waals surface area contributed by atoms with Gasteiger partial charge in [0.15, 0.2) is 0 Å². The highest BCUT2D eigenvalue weighted by atomic mass is 35.5. The monoisotopic (exact) mass is 341 g/mol. The smallest absolute Gasteiger partial charge is 0.231 e. The summed E-state index contributed by atoms with van der Waals surface area (Å²) in [5.74, 6) is 0.124. The molecule has 5 nitrogen and oxygen atoms in total. The van der Waals surface area contributed by atoms with Gasteiger partial charge in [-0.25, -0.2) is 0 Å². The Morgan fingerprint density at radius 1 is 1.27 bits per heavy atom. The van der Waals surface area contributed by atoms with E-state index in [0.29, 0.717) is 17.3 Å². The molecule has 7 heteroatoms. The van der Waals surface area contributed by atoms with Gasteiger partial charge in [-0.3, -0.25) is 14.5 Å². The summed E-state index contributed by atoms with van der Waals surface area (Å²) < 4.78 is 0. The molecule has 0 aromatic heterocycles. The summed E-state index contributed by atoms with van der Waals surface area (Å²) in [5, 5.41) is 3.74. The average molecular weight is 342 g/mol. The summed E-state index contributed by atoms with van der Waals surface area (Å²) in [6.07, 6.45) is 1.70. The van der Waals surface area contributed by atoms with E-state index < -0.39 is 0 Å². The van der Waals surface area contributed by atoms with E-state index in [1.165, 1.54) is 11.8 Å². The van der Waals surface area contributed by atoms with Gasteiger partial charge in [-0.05, 0) is 37.1 Å². The molecule has 3 N–H and O–H groups in total. The Kier molecular flexibility index (Phi) is 6.54. The SMILES string of the molecule is NC(=O)CN1CCC(NC(=O)CSc2ccc(Cl)cc2)CC1. The molecule has 120 valence electrons. The van der Waals surface area contributed by atoms with E-state index in [1.54, 1.807) is 0 Å². The first-order valence-electron chi connectivity index (χ1n) is 7.21. The van der Waals surface area contributed by atoms with Gasteiger partial charge in [0.05, 0.1) is 12.3 Å². The minimum absolute atomic E-state index is 0.0355. The highest BCUT2D eigenvalue weighted by Gasteiger charge is 2.21. The highest BCUT2D eigenvalue weighted by Crippen LogP contribution is 2.20. The predicted octanol–water partition coefficient (Wildman–Crippen LogP) is 1.50. The van der Waals surface area contributed by atoms with Gasteiger partial charge >= 0.3 is 0 Å². The first kappa shape index (κ1) is 17.1. The topological polar surface area (TPSA) is 75.4 Å². The fourth-order valence-electron chi connectivity index (χ4n) is 2.40.